The number of esters is 1. The third kappa shape index (κ3) is 10.3. The van der Waals surface area contributed by atoms with E-state index in [1.165, 1.54) is 17.0 Å². The Morgan fingerprint density at radius 1 is 0.918 bits per heavy atom. The zero-order valence-electron chi connectivity index (χ0n) is 42.7. The maximum Gasteiger partial charge on any atom is 0.355 e. The highest BCUT2D eigenvalue weighted by molar-refractivity contribution is 6.35. The zero-order valence-corrected chi connectivity index (χ0v) is 43.5. The van der Waals surface area contributed by atoms with Crippen molar-refractivity contribution in [2.45, 2.75) is 85.0 Å². The standard InChI is InChI=1S/C55H62ClFN8O8/c1-32-48(33(2)61(8)59-32)49-42(56)17-16-39-38(12-10-26-71-44-13-9-11-34-27-35(57)14-15-37(34)44)51(54(70)73-55(3,4)5)64(50(39)49)25-22-62-20-23-63(24-21-62)47(67)31-72-45-29-36(60(6)7)28-40-41(45)30-65(53(40)69)43-18-19-46(66)58-52(43)68/h9,11,13-17,27-29,43H,10,12,18-26,30-31H2,1-8H3,(H,58,66,68). The van der Waals surface area contributed by atoms with Gasteiger partial charge < -0.3 is 33.5 Å². The highest BCUT2D eigenvalue weighted by Crippen LogP contribution is 2.43. The summed E-state index contributed by atoms with van der Waals surface area (Å²) in [6.45, 7) is 12.7. The third-order valence-electron chi connectivity index (χ3n) is 14.1. The van der Waals surface area contributed by atoms with Crippen molar-refractivity contribution >= 4 is 68.6 Å². The summed E-state index contributed by atoms with van der Waals surface area (Å²) in [6.07, 6.45) is 1.40. The third-order valence-corrected chi connectivity index (χ3v) is 14.4. The molecule has 9 rings (SSSR count). The van der Waals surface area contributed by atoms with E-state index in [1.807, 2.05) is 95.7 Å². The molecule has 0 bridgehead atoms. The van der Waals surface area contributed by atoms with Crippen LogP contribution in [0.2, 0.25) is 5.02 Å². The molecule has 73 heavy (non-hydrogen) atoms. The van der Waals surface area contributed by atoms with Crippen LogP contribution in [-0.4, -0.2) is 130 Å². The van der Waals surface area contributed by atoms with Crippen molar-refractivity contribution < 1.29 is 42.6 Å². The van der Waals surface area contributed by atoms with Gasteiger partial charge in [0.15, 0.2) is 6.61 Å². The predicted octanol–water partition coefficient (Wildman–Crippen LogP) is 7.62. The smallest absolute Gasteiger partial charge is 0.355 e. The van der Waals surface area contributed by atoms with E-state index >= 15 is 0 Å². The van der Waals surface area contributed by atoms with Crippen LogP contribution in [0.15, 0.2) is 60.7 Å². The summed E-state index contributed by atoms with van der Waals surface area (Å²) in [7, 11) is 5.59. The van der Waals surface area contributed by atoms with Gasteiger partial charge in [0, 0.05) is 112 Å². The Hall–Kier alpha value is -6.98. The Morgan fingerprint density at radius 3 is 2.37 bits per heavy atom. The normalized spacial score (nSPS) is 16.4. The molecule has 1 unspecified atom stereocenters. The zero-order chi connectivity index (χ0) is 52.0. The monoisotopic (exact) mass is 1020 g/mol. The first kappa shape index (κ1) is 50.9. The molecular formula is C55H62ClFN8O8. The minimum atomic E-state index is -0.793. The van der Waals surface area contributed by atoms with Gasteiger partial charge >= 0.3 is 5.97 Å². The fourth-order valence-electron chi connectivity index (χ4n) is 10.4. The maximum absolute atomic E-state index is 14.7. The topological polar surface area (TPSA) is 161 Å². The first-order valence-corrected chi connectivity index (χ1v) is 25.2. The minimum Gasteiger partial charge on any atom is -0.493 e. The van der Waals surface area contributed by atoms with Crippen molar-refractivity contribution in [3.8, 4) is 22.6 Å². The van der Waals surface area contributed by atoms with Gasteiger partial charge in [0.1, 0.15) is 34.7 Å². The van der Waals surface area contributed by atoms with Gasteiger partial charge in [-0.05, 0) is 101 Å². The fraction of sp³-hybridized carbons (Fsp3) is 0.418. The molecule has 3 aliphatic rings. The van der Waals surface area contributed by atoms with Crippen LogP contribution in [0.1, 0.15) is 83.4 Å². The number of imide groups is 1. The Balaban J connectivity index is 0.945. The van der Waals surface area contributed by atoms with E-state index in [0.29, 0.717) is 97.7 Å². The van der Waals surface area contributed by atoms with Gasteiger partial charge in [-0.15, -0.1) is 0 Å². The number of piperazine rings is 1. The van der Waals surface area contributed by atoms with Crippen LogP contribution in [-0.2, 0) is 45.7 Å². The number of carbonyl (C=O) groups excluding carboxylic acids is 5. The van der Waals surface area contributed by atoms with E-state index in [1.54, 1.807) is 23.1 Å². The molecule has 0 spiro atoms. The molecule has 18 heteroatoms. The molecule has 2 saturated heterocycles. The quantitative estimate of drug-likeness (QED) is 0.0613. The molecule has 4 amide bonds. The van der Waals surface area contributed by atoms with Crippen molar-refractivity contribution in [2.75, 3.05) is 64.9 Å². The molecule has 0 aliphatic carbocycles. The SMILES string of the molecule is Cc1nn(C)c(C)c1-c1c(Cl)ccc2c(CCCOc3cccc4cc(F)ccc34)c(C(=O)OC(C)(C)C)n(CCN3CCN(C(=O)COc4cc(N(C)C)cc5c4CN(C4CCC(=O)NC4=O)C5=O)CC3)c12. The fourth-order valence-corrected chi connectivity index (χ4v) is 10.6. The van der Waals surface area contributed by atoms with Crippen molar-refractivity contribution in [1.82, 2.24) is 34.4 Å². The number of carbonyl (C=O) groups is 5. The molecule has 2 aromatic heterocycles. The summed E-state index contributed by atoms with van der Waals surface area (Å²) in [5.41, 5.74) is 6.35. The minimum absolute atomic E-state index is 0.115. The summed E-state index contributed by atoms with van der Waals surface area (Å²) in [4.78, 5) is 74.2. The van der Waals surface area contributed by atoms with Crippen LogP contribution in [0.4, 0.5) is 10.1 Å². The molecule has 5 heterocycles. The molecule has 2 fully saturated rings. The van der Waals surface area contributed by atoms with E-state index in [9.17, 15) is 28.4 Å². The molecule has 0 saturated carbocycles. The van der Waals surface area contributed by atoms with Crippen LogP contribution >= 0.6 is 11.6 Å². The number of nitrogens with zero attached hydrogens (tertiary/aromatic N) is 7. The van der Waals surface area contributed by atoms with Gasteiger partial charge in [-0.1, -0.05) is 29.8 Å². The molecule has 6 aromatic rings. The lowest BCUT2D eigenvalue weighted by atomic mass is 9.98. The van der Waals surface area contributed by atoms with Gasteiger partial charge in [-0.2, -0.15) is 5.10 Å². The number of aromatic nitrogens is 3. The lowest BCUT2D eigenvalue weighted by Gasteiger charge is -2.35. The van der Waals surface area contributed by atoms with E-state index in [2.05, 4.69) is 14.8 Å². The van der Waals surface area contributed by atoms with Crippen molar-refractivity contribution in [2.24, 2.45) is 7.05 Å². The van der Waals surface area contributed by atoms with Crippen molar-refractivity contribution in [3.63, 3.8) is 0 Å². The van der Waals surface area contributed by atoms with E-state index in [4.69, 9.17) is 30.9 Å². The van der Waals surface area contributed by atoms with Gasteiger partial charge in [0.2, 0.25) is 11.8 Å². The summed E-state index contributed by atoms with van der Waals surface area (Å²) in [5.74, 6) is -1.13. The summed E-state index contributed by atoms with van der Waals surface area (Å²) in [6, 6.07) is 16.8. The van der Waals surface area contributed by atoms with Crippen LogP contribution in [0.5, 0.6) is 11.5 Å². The molecule has 384 valence electrons. The molecular weight excluding hydrogens is 955 g/mol. The average molecular weight is 1020 g/mol. The second-order valence-electron chi connectivity index (χ2n) is 20.3. The first-order valence-electron chi connectivity index (χ1n) is 24.8. The number of hydrogen-bond acceptors (Lipinski definition) is 11. The molecule has 16 nitrogen and oxygen atoms in total. The van der Waals surface area contributed by atoms with Gasteiger partial charge in [0.05, 0.1) is 34.9 Å². The number of anilines is 1. The van der Waals surface area contributed by atoms with Crippen LogP contribution < -0.4 is 19.7 Å². The lowest BCUT2D eigenvalue weighted by molar-refractivity contribution is -0.137. The Kier molecular flexibility index (Phi) is 14.3. The summed E-state index contributed by atoms with van der Waals surface area (Å²) < 4.78 is 36.7. The highest BCUT2D eigenvalue weighted by Gasteiger charge is 2.41. The maximum atomic E-state index is 14.7. The number of nitrogens with one attached hydrogen (secondary N) is 1. The van der Waals surface area contributed by atoms with E-state index < -0.39 is 23.5 Å². The van der Waals surface area contributed by atoms with Gasteiger partial charge in [0.25, 0.3) is 11.8 Å². The molecule has 1 N–H and O–H groups in total. The number of fused-ring (bicyclic) bond motifs is 3. The largest absolute Gasteiger partial charge is 0.493 e. The molecule has 0 radical (unpaired) electrons. The van der Waals surface area contributed by atoms with Gasteiger partial charge in [-0.25, -0.2) is 9.18 Å². The number of benzene rings is 4. The Labute approximate surface area is 428 Å². The number of amides is 4. The second kappa shape index (κ2) is 20.5. The van der Waals surface area contributed by atoms with Crippen molar-refractivity contribution in [1.29, 1.82) is 0 Å². The number of piperidine rings is 1. The number of aryl methyl sites for hydroxylation is 3. The Bertz CT molecular complexity index is 3190. The number of ether oxygens (including phenoxy) is 3. The number of rotatable bonds is 15. The lowest BCUT2D eigenvalue weighted by Crippen LogP contribution is -2.52. The van der Waals surface area contributed by atoms with Crippen LogP contribution in [0, 0.1) is 19.7 Å². The molecule has 4 aromatic carbocycles. The highest BCUT2D eigenvalue weighted by atomic mass is 35.5. The molecule has 1 atom stereocenters. The number of halogens is 2. The first-order chi connectivity index (χ1) is 34.8. The van der Waals surface area contributed by atoms with Crippen LogP contribution in [0.3, 0.4) is 0 Å². The summed E-state index contributed by atoms with van der Waals surface area (Å²) >= 11 is 7.21. The number of hydrogen-bond donors (Lipinski definition) is 1. The van der Waals surface area contributed by atoms with E-state index in [0.717, 1.165) is 49.8 Å². The molecule has 3 aliphatic heterocycles. The van der Waals surface area contributed by atoms with Crippen molar-refractivity contribution in [3.05, 3.63) is 105 Å². The Morgan fingerprint density at radius 2 is 1.67 bits per heavy atom. The predicted molar refractivity (Wildman–Crippen MR) is 277 cm³/mol. The second-order valence-corrected chi connectivity index (χ2v) is 20.7. The van der Waals surface area contributed by atoms with Crippen LogP contribution in [0.25, 0.3) is 32.8 Å². The van der Waals surface area contributed by atoms with E-state index in [-0.39, 0.29) is 49.5 Å². The average Bonchev–Trinajstić information content (AvgIpc) is 3.93. The van der Waals surface area contributed by atoms with Gasteiger partial charge in [-0.3, -0.25) is 34.1 Å². The summed E-state index contributed by atoms with van der Waals surface area (Å²) in [5, 5.41) is 10.0.